The molecule has 0 aliphatic heterocycles. The van der Waals surface area contributed by atoms with Crippen LogP contribution in [0.4, 0.5) is 9.18 Å². The van der Waals surface area contributed by atoms with Crippen LogP contribution in [-0.2, 0) is 0 Å². The number of benzene rings is 1. The number of hydrogen-bond donors (Lipinski definition) is 2. The summed E-state index contributed by atoms with van der Waals surface area (Å²) >= 11 is 0. The van der Waals surface area contributed by atoms with Gasteiger partial charge in [-0.15, -0.1) is 0 Å². The van der Waals surface area contributed by atoms with E-state index < -0.39 is 0 Å². The summed E-state index contributed by atoms with van der Waals surface area (Å²) in [6.07, 6.45) is 6.16. The summed E-state index contributed by atoms with van der Waals surface area (Å²) in [5, 5.41) is 6.97. The highest BCUT2D eigenvalue weighted by molar-refractivity contribution is 5.82. The predicted octanol–water partition coefficient (Wildman–Crippen LogP) is 4.35. The molecule has 2 aliphatic rings. The van der Waals surface area contributed by atoms with E-state index in [9.17, 15) is 9.18 Å². The molecule has 138 valence electrons. The van der Waals surface area contributed by atoms with E-state index in [0.717, 1.165) is 36.6 Å². The number of aromatic nitrogens is 1. The van der Waals surface area contributed by atoms with E-state index >= 15 is 0 Å². The maximum Gasteiger partial charge on any atom is 0.315 e. The molecule has 2 N–H and O–H groups in total. The second kappa shape index (κ2) is 6.86. The Kier molecular flexibility index (Phi) is 4.55. The molecule has 2 fully saturated rings. The molecule has 2 amide bonds. The zero-order valence-electron chi connectivity index (χ0n) is 15.3. The fourth-order valence-electron chi connectivity index (χ4n) is 4.97. The normalized spacial score (nSPS) is 27.7. The average molecular weight is 355 g/mol. The second-order valence-corrected chi connectivity index (χ2v) is 8.19. The Morgan fingerprint density at radius 2 is 1.88 bits per heavy atom. The first kappa shape index (κ1) is 17.3. The van der Waals surface area contributed by atoms with Gasteiger partial charge in [-0.3, -0.25) is 4.98 Å². The number of nitrogens with one attached hydrogen (secondary N) is 2. The van der Waals surface area contributed by atoms with E-state index in [0.29, 0.717) is 17.8 Å². The minimum Gasteiger partial charge on any atom is -0.336 e. The number of amides is 2. The number of halogens is 1. The third-order valence-corrected chi connectivity index (χ3v) is 5.95. The van der Waals surface area contributed by atoms with Crippen LogP contribution in [0, 0.1) is 17.7 Å². The van der Waals surface area contributed by atoms with Gasteiger partial charge in [0.2, 0.25) is 0 Å². The highest BCUT2D eigenvalue weighted by Gasteiger charge is 2.42. The summed E-state index contributed by atoms with van der Waals surface area (Å²) in [7, 11) is 0. The SMILES string of the molecule is CC(C)NC(=O)NC1C[C@@H]2CC(c3ccnc4ccc(F)cc34)C[C@@H]2C1. The standard InChI is InChI=1S/C21H26FN3O/c1-12(2)24-21(26)25-17-9-13-7-15(8-14(13)10-17)18-5-6-23-20-4-3-16(22)11-19(18)20/h3-6,11-15,17H,7-10H2,1-2H3,(H2,24,25,26)/t13-,14+,15?,17?. The van der Waals surface area contributed by atoms with Gasteiger partial charge >= 0.3 is 6.03 Å². The Balaban J connectivity index is 1.44. The Morgan fingerprint density at radius 3 is 2.58 bits per heavy atom. The molecule has 1 aromatic heterocycles. The van der Waals surface area contributed by atoms with Gasteiger partial charge in [-0.2, -0.15) is 0 Å². The molecule has 5 heteroatoms. The van der Waals surface area contributed by atoms with Crippen LogP contribution in [-0.4, -0.2) is 23.1 Å². The van der Waals surface area contributed by atoms with Crippen molar-refractivity contribution in [2.75, 3.05) is 0 Å². The van der Waals surface area contributed by atoms with E-state index in [1.54, 1.807) is 12.1 Å². The molecule has 4 atom stereocenters. The Bertz CT molecular complexity index is 808. The van der Waals surface area contributed by atoms with Crippen molar-refractivity contribution < 1.29 is 9.18 Å². The summed E-state index contributed by atoms with van der Waals surface area (Å²) in [4.78, 5) is 16.3. The van der Waals surface area contributed by atoms with Gasteiger partial charge in [0, 0.05) is 23.7 Å². The number of nitrogens with zero attached hydrogens (tertiary/aromatic N) is 1. The molecule has 0 saturated heterocycles. The van der Waals surface area contributed by atoms with Crippen LogP contribution in [0.2, 0.25) is 0 Å². The smallest absolute Gasteiger partial charge is 0.315 e. The summed E-state index contributed by atoms with van der Waals surface area (Å²) in [6.45, 7) is 3.94. The van der Waals surface area contributed by atoms with Crippen LogP contribution < -0.4 is 10.6 Å². The fraction of sp³-hybridized carbons (Fsp3) is 0.524. The maximum atomic E-state index is 13.7. The second-order valence-electron chi connectivity index (χ2n) is 8.19. The van der Waals surface area contributed by atoms with E-state index in [2.05, 4.69) is 21.7 Å². The average Bonchev–Trinajstić information content (AvgIpc) is 3.11. The van der Waals surface area contributed by atoms with Crippen molar-refractivity contribution >= 4 is 16.9 Å². The minimum absolute atomic E-state index is 0.0582. The van der Waals surface area contributed by atoms with Gasteiger partial charge < -0.3 is 10.6 Å². The quantitative estimate of drug-likeness (QED) is 0.860. The Hall–Kier alpha value is -2.17. The number of fused-ring (bicyclic) bond motifs is 2. The first-order valence-corrected chi connectivity index (χ1v) is 9.61. The fourth-order valence-corrected chi connectivity index (χ4v) is 4.97. The van der Waals surface area contributed by atoms with Crippen molar-refractivity contribution in [2.24, 2.45) is 11.8 Å². The van der Waals surface area contributed by atoms with Crippen LogP contribution in [0.5, 0.6) is 0 Å². The monoisotopic (exact) mass is 355 g/mol. The molecule has 2 saturated carbocycles. The van der Waals surface area contributed by atoms with Crippen LogP contribution in [0.25, 0.3) is 10.9 Å². The third kappa shape index (κ3) is 3.39. The summed E-state index contributed by atoms with van der Waals surface area (Å²) in [5.41, 5.74) is 2.09. The van der Waals surface area contributed by atoms with E-state index in [1.165, 1.54) is 11.6 Å². The van der Waals surface area contributed by atoms with Crippen LogP contribution in [0.1, 0.15) is 51.0 Å². The highest BCUT2D eigenvalue weighted by atomic mass is 19.1. The number of carbonyl (C=O) groups is 1. The molecule has 1 heterocycles. The van der Waals surface area contributed by atoms with E-state index in [1.807, 2.05) is 20.0 Å². The van der Waals surface area contributed by atoms with Crippen molar-refractivity contribution in [3.63, 3.8) is 0 Å². The molecular formula is C21H26FN3O. The van der Waals surface area contributed by atoms with Crippen molar-refractivity contribution in [1.82, 2.24) is 15.6 Å². The molecule has 0 spiro atoms. The lowest BCUT2D eigenvalue weighted by atomic mass is 9.91. The van der Waals surface area contributed by atoms with Crippen LogP contribution in [0.15, 0.2) is 30.5 Å². The molecule has 0 radical (unpaired) electrons. The first-order valence-electron chi connectivity index (χ1n) is 9.61. The Morgan fingerprint density at radius 1 is 1.15 bits per heavy atom. The minimum atomic E-state index is -0.203. The number of pyridine rings is 1. The lowest BCUT2D eigenvalue weighted by molar-refractivity contribution is 0.234. The number of rotatable bonds is 3. The van der Waals surface area contributed by atoms with Gasteiger partial charge in [0.25, 0.3) is 0 Å². The van der Waals surface area contributed by atoms with Crippen LogP contribution >= 0.6 is 0 Å². The van der Waals surface area contributed by atoms with Crippen molar-refractivity contribution in [3.8, 4) is 0 Å². The van der Waals surface area contributed by atoms with Gasteiger partial charge in [0.15, 0.2) is 0 Å². The van der Waals surface area contributed by atoms with Gasteiger partial charge in [-0.05, 0) is 87.1 Å². The summed E-state index contributed by atoms with van der Waals surface area (Å²) < 4.78 is 13.7. The highest BCUT2D eigenvalue weighted by Crippen LogP contribution is 2.51. The van der Waals surface area contributed by atoms with Crippen molar-refractivity contribution in [2.45, 2.75) is 57.5 Å². The molecule has 4 rings (SSSR count). The van der Waals surface area contributed by atoms with Gasteiger partial charge in [-0.1, -0.05) is 0 Å². The molecular weight excluding hydrogens is 329 g/mol. The van der Waals surface area contributed by atoms with E-state index in [4.69, 9.17) is 0 Å². The topological polar surface area (TPSA) is 54.0 Å². The maximum absolute atomic E-state index is 13.7. The van der Waals surface area contributed by atoms with Gasteiger partial charge in [0.05, 0.1) is 5.52 Å². The number of carbonyl (C=O) groups excluding carboxylic acids is 1. The molecule has 26 heavy (non-hydrogen) atoms. The van der Waals surface area contributed by atoms with Crippen molar-refractivity contribution in [3.05, 3.63) is 41.8 Å². The molecule has 2 unspecified atom stereocenters. The number of hydrogen-bond acceptors (Lipinski definition) is 2. The lowest BCUT2D eigenvalue weighted by Gasteiger charge is -2.18. The zero-order valence-corrected chi connectivity index (χ0v) is 15.3. The first-order chi connectivity index (χ1) is 12.5. The van der Waals surface area contributed by atoms with Crippen molar-refractivity contribution in [1.29, 1.82) is 0 Å². The zero-order chi connectivity index (χ0) is 18.3. The summed E-state index contributed by atoms with van der Waals surface area (Å²) in [5.74, 6) is 1.54. The lowest BCUT2D eigenvalue weighted by Crippen LogP contribution is -2.43. The molecule has 1 aromatic carbocycles. The molecule has 0 bridgehead atoms. The van der Waals surface area contributed by atoms with E-state index in [-0.39, 0.29) is 23.9 Å². The molecule has 2 aromatic rings. The molecule has 4 nitrogen and oxygen atoms in total. The third-order valence-electron chi connectivity index (χ3n) is 5.95. The largest absolute Gasteiger partial charge is 0.336 e. The summed E-state index contributed by atoms with van der Waals surface area (Å²) in [6, 6.07) is 7.28. The number of urea groups is 1. The predicted molar refractivity (Wildman–Crippen MR) is 100 cm³/mol. The molecule has 2 aliphatic carbocycles. The van der Waals surface area contributed by atoms with Crippen LogP contribution in [0.3, 0.4) is 0 Å². The van der Waals surface area contributed by atoms with Gasteiger partial charge in [-0.25, -0.2) is 9.18 Å². The van der Waals surface area contributed by atoms with Gasteiger partial charge in [0.1, 0.15) is 5.82 Å². The Labute approximate surface area is 153 Å².